The van der Waals surface area contributed by atoms with Crippen molar-refractivity contribution in [3.05, 3.63) is 16.0 Å². The number of thiophene rings is 1. The number of esters is 1. The molecule has 1 fully saturated rings. The molecule has 0 radical (unpaired) electrons. The van der Waals surface area contributed by atoms with Gasteiger partial charge in [0.25, 0.3) is 5.91 Å². The zero-order chi connectivity index (χ0) is 17.1. The summed E-state index contributed by atoms with van der Waals surface area (Å²) in [5, 5.41) is 3.70. The van der Waals surface area contributed by atoms with Crippen molar-refractivity contribution in [2.24, 2.45) is 5.92 Å². The number of hydrogen-bond acceptors (Lipinski definition) is 4. The molecule has 3 rings (SSSR count). The summed E-state index contributed by atoms with van der Waals surface area (Å²) in [7, 11) is 0. The van der Waals surface area contributed by atoms with Crippen molar-refractivity contribution in [3.8, 4) is 0 Å². The van der Waals surface area contributed by atoms with Gasteiger partial charge in [0.15, 0.2) is 6.54 Å². The molecule has 0 aromatic carbocycles. The maximum atomic E-state index is 12.4. The lowest BCUT2D eigenvalue weighted by molar-refractivity contribution is -0.878. The normalized spacial score (nSPS) is 20.7. The number of nitrogens with one attached hydrogen (secondary N) is 2. The summed E-state index contributed by atoms with van der Waals surface area (Å²) in [6, 6.07) is 0. The highest BCUT2D eigenvalue weighted by molar-refractivity contribution is 7.17. The zero-order valence-corrected chi connectivity index (χ0v) is 15.4. The minimum absolute atomic E-state index is 0.00379. The third kappa shape index (κ3) is 3.81. The molecule has 1 saturated heterocycles. The van der Waals surface area contributed by atoms with E-state index in [-0.39, 0.29) is 11.9 Å². The van der Waals surface area contributed by atoms with Crippen molar-refractivity contribution in [1.29, 1.82) is 0 Å². The highest BCUT2D eigenvalue weighted by Gasteiger charge is 2.29. The lowest BCUT2D eigenvalue weighted by atomic mass is 9.88. The number of carbonyl (C=O) groups excluding carboxylic acids is 2. The molecule has 1 aliphatic heterocycles. The van der Waals surface area contributed by atoms with Gasteiger partial charge in [0.1, 0.15) is 5.00 Å². The van der Waals surface area contributed by atoms with Crippen LogP contribution in [-0.2, 0) is 22.4 Å². The largest absolute Gasteiger partial charge is 0.462 e. The second kappa shape index (κ2) is 7.66. The summed E-state index contributed by atoms with van der Waals surface area (Å²) in [4.78, 5) is 27.4. The average Bonchev–Trinajstić information content (AvgIpc) is 3.14. The Morgan fingerprint density at radius 3 is 2.79 bits per heavy atom. The third-order valence-electron chi connectivity index (χ3n) is 4.97. The van der Waals surface area contributed by atoms with Crippen molar-refractivity contribution in [2.75, 3.05) is 31.6 Å². The van der Waals surface area contributed by atoms with Gasteiger partial charge in [-0.1, -0.05) is 6.92 Å². The van der Waals surface area contributed by atoms with Crippen LogP contribution in [-0.4, -0.2) is 38.1 Å². The Labute approximate surface area is 147 Å². The number of amides is 1. The van der Waals surface area contributed by atoms with Crippen LogP contribution in [0.4, 0.5) is 5.00 Å². The summed E-state index contributed by atoms with van der Waals surface area (Å²) >= 11 is 1.56. The molecule has 24 heavy (non-hydrogen) atoms. The molecule has 1 aromatic heterocycles. The van der Waals surface area contributed by atoms with E-state index in [1.807, 2.05) is 6.92 Å². The molecule has 2 aliphatic rings. The number of hydrogen-bond donors (Lipinski definition) is 2. The number of likely N-dealkylation sites (tertiary alicyclic amines) is 1. The van der Waals surface area contributed by atoms with Crippen LogP contribution < -0.4 is 10.2 Å². The Morgan fingerprint density at radius 2 is 2.08 bits per heavy atom. The van der Waals surface area contributed by atoms with E-state index < -0.39 is 0 Å². The van der Waals surface area contributed by atoms with Crippen LogP contribution in [0.25, 0.3) is 0 Å². The van der Waals surface area contributed by atoms with Crippen molar-refractivity contribution in [2.45, 2.75) is 46.0 Å². The van der Waals surface area contributed by atoms with Gasteiger partial charge in [0, 0.05) is 17.7 Å². The molecule has 0 saturated carbocycles. The Morgan fingerprint density at radius 1 is 1.33 bits per heavy atom. The molecule has 1 aliphatic carbocycles. The van der Waals surface area contributed by atoms with Crippen molar-refractivity contribution < 1.29 is 19.2 Å². The molecule has 1 unspecified atom stereocenters. The molecule has 6 heteroatoms. The van der Waals surface area contributed by atoms with Crippen molar-refractivity contribution in [1.82, 2.24) is 0 Å². The number of fused-ring (bicyclic) bond motifs is 1. The van der Waals surface area contributed by atoms with Gasteiger partial charge in [-0.05, 0) is 37.7 Å². The fourth-order valence-electron chi connectivity index (χ4n) is 3.71. The van der Waals surface area contributed by atoms with E-state index in [4.69, 9.17) is 4.74 Å². The van der Waals surface area contributed by atoms with Gasteiger partial charge >= 0.3 is 5.97 Å². The molecule has 132 valence electrons. The Balaban J connectivity index is 1.80. The number of quaternary nitrogens is 1. The van der Waals surface area contributed by atoms with E-state index in [9.17, 15) is 9.59 Å². The van der Waals surface area contributed by atoms with Crippen LogP contribution in [0.5, 0.6) is 0 Å². The van der Waals surface area contributed by atoms with Gasteiger partial charge in [-0.25, -0.2) is 4.79 Å². The first-order valence-electron chi connectivity index (χ1n) is 9.03. The average molecular weight is 351 g/mol. The predicted octanol–water partition coefficient (Wildman–Crippen LogP) is 1.67. The van der Waals surface area contributed by atoms with E-state index in [0.717, 1.165) is 37.9 Å². The molecule has 0 bridgehead atoms. The number of anilines is 1. The first kappa shape index (κ1) is 17.4. The van der Waals surface area contributed by atoms with Crippen LogP contribution in [0.1, 0.15) is 53.9 Å². The van der Waals surface area contributed by atoms with Crippen LogP contribution in [0, 0.1) is 5.92 Å². The van der Waals surface area contributed by atoms with Gasteiger partial charge in [-0.15, -0.1) is 11.3 Å². The van der Waals surface area contributed by atoms with Crippen molar-refractivity contribution in [3.63, 3.8) is 0 Å². The Bertz CT molecular complexity index is 620. The van der Waals surface area contributed by atoms with E-state index in [0.29, 0.717) is 29.6 Å². The topological polar surface area (TPSA) is 59.8 Å². The lowest BCUT2D eigenvalue weighted by Crippen LogP contribution is -3.11. The highest BCUT2D eigenvalue weighted by Crippen LogP contribution is 2.40. The zero-order valence-electron chi connectivity index (χ0n) is 14.6. The molecule has 1 amide bonds. The summed E-state index contributed by atoms with van der Waals surface area (Å²) < 4.78 is 5.25. The molecule has 1 aromatic rings. The van der Waals surface area contributed by atoms with E-state index in [1.54, 1.807) is 11.3 Å². The van der Waals surface area contributed by atoms with Gasteiger partial charge in [-0.2, -0.15) is 0 Å². The minimum Gasteiger partial charge on any atom is -0.462 e. The fourth-order valence-corrected chi connectivity index (χ4v) is 5.12. The van der Waals surface area contributed by atoms with Gasteiger partial charge < -0.3 is 15.0 Å². The second-order valence-electron chi connectivity index (χ2n) is 6.96. The van der Waals surface area contributed by atoms with Crippen LogP contribution in [0.15, 0.2) is 0 Å². The summed E-state index contributed by atoms with van der Waals surface area (Å²) in [6.07, 6.45) is 5.36. The van der Waals surface area contributed by atoms with Gasteiger partial charge in [-0.3, -0.25) is 4.79 Å². The number of carbonyl (C=O) groups is 2. The predicted molar refractivity (Wildman–Crippen MR) is 94.9 cm³/mol. The Hall–Kier alpha value is -1.40. The molecule has 5 nitrogen and oxygen atoms in total. The van der Waals surface area contributed by atoms with Crippen LogP contribution in [0.3, 0.4) is 0 Å². The third-order valence-corrected chi connectivity index (χ3v) is 6.14. The van der Waals surface area contributed by atoms with Crippen LogP contribution in [0.2, 0.25) is 0 Å². The molecular weight excluding hydrogens is 324 g/mol. The van der Waals surface area contributed by atoms with Gasteiger partial charge in [0.05, 0.1) is 25.3 Å². The van der Waals surface area contributed by atoms with Crippen LogP contribution >= 0.6 is 11.3 Å². The summed E-state index contributed by atoms with van der Waals surface area (Å²) in [6.45, 7) is 7.02. The molecule has 1 atom stereocenters. The first-order chi connectivity index (χ1) is 11.6. The van der Waals surface area contributed by atoms with E-state index >= 15 is 0 Å². The fraction of sp³-hybridized carbons (Fsp3) is 0.667. The number of rotatable bonds is 5. The minimum atomic E-state index is -0.298. The second-order valence-corrected chi connectivity index (χ2v) is 8.06. The molecular formula is C18H27N2O3S+. The van der Waals surface area contributed by atoms with Gasteiger partial charge in [0.2, 0.25) is 0 Å². The maximum Gasteiger partial charge on any atom is 0.341 e. The quantitative estimate of drug-likeness (QED) is 0.794. The standard InChI is InChI=1S/C18H26N2O3S/c1-3-23-18(22)16-13-7-6-12(2)10-14(13)24-17(16)19-15(21)11-20-8-4-5-9-20/h12H,3-11H2,1-2H3,(H,19,21)/p+1. The molecule has 0 spiro atoms. The molecule has 2 heterocycles. The summed E-state index contributed by atoms with van der Waals surface area (Å²) in [5.41, 5.74) is 1.70. The molecule has 2 N–H and O–H groups in total. The first-order valence-corrected chi connectivity index (χ1v) is 9.85. The lowest BCUT2D eigenvalue weighted by Gasteiger charge is -2.18. The highest BCUT2D eigenvalue weighted by atomic mass is 32.1. The monoisotopic (exact) mass is 351 g/mol. The summed E-state index contributed by atoms with van der Waals surface area (Å²) in [5.74, 6) is 0.334. The maximum absolute atomic E-state index is 12.4. The van der Waals surface area contributed by atoms with E-state index in [1.165, 1.54) is 22.6 Å². The van der Waals surface area contributed by atoms with E-state index in [2.05, 4.69) is 12.2 Å². The SMILES string of the molecule is CCOC(=O)c1c(NC(=O)C[NH+]2CCCC2)sc2c1CCC(C)C2. The Kier molecular flexibility index (Phi) is 5.56. The smallest absolute Gasteiger partial charge is 0.341 e. The van der Waals surface area contributed by atoms with Crippen molar-refractivity contribution >= 4 is 28.2 Å². The number of ether oxygens (including phenoxy) is 1.